The van der Waals surface area contributed by atoms with Crippen molar-refractivity contribution >= 4 is 23.1 Å². The molecule has 0 saturated heterocycles. The minimum absolute atomic E-state index is 0.0849. The van der Waals surface area contributed by atoms with Crippen LogP contribution in [0.2, 0.25) is 0 Å². The topological polar surface area (TPSA) is 49.7 Å². The lowest BCUT2D eigenvalue weighted by atomic mass is 9.98. The zero-order valence-corrected chi connectivity index (χ0v) is 10.2. The van der Waals surface area contributed by atoms with Gasteiger partial charge in [-0.1, -0.05) is 12.1 Å². The lowest BCUT2D eigenvalue weighted by Crippen LogP contribution is -2.28. The van der Waals surface area contributed by atoms with Crippen LogP contribution in [0, 0.1) is 11.7 Å². The highest BCUT2D eigenvalue weighted by atomic mass is 19.1. The zero-order chi connectivity index (χ0) is 13.3. The van der Waals surface area contributed by atoms with Crippen LogP contribution in [0.5, 0.6) is 0 Å². The molecule has 1 amide bonds. The van der Waals surface area contributed by atoms with E-state index in [2.05, 4.69) is 5.10 Å². The van der Waals surface area contributed by atoms with Crippen LogP contribution in [0.3, 0.4) is 0 Å². The average molecular weight is 248 g/mol. The first-order chi connectivity index (χ1) is 8.50. The molecule has 0 spiro atoms. The third-order valence-corrected chi connectivity index (χ3v) is 2.84. The van der Waals surface area contributed by atoms with Crippen LogP contribution in [0.25, 0.3) is 0 Å². The second-order valence-electron chi connectivity index (χ2n) is 4.30. The number of Topliss-reactive ketones (excluding diaryl/α,β-unsaturated/α-hetero) is 1. The number of halogens is 1. The van der Waals surface area contributed by atoms with Gasteiger partial charge >= 0.3 is 0 Å². The number of para-hydroxylation sites is 1. The van der Waals surface area contributed by atoms with Crippen molar-refractivity contribution in [1.82, 2.24) is 0 Å². The summed E-state index contributed by atoms with van der Waals surface area (Å²) in [5, 5.41) is 5.08. The van der Waals surface area contributed by atoms with Crippen molar-refractivity contribution in [3.63, 3.8) is 0 Å². The molecule has 0 aliphatic carbocycles. The molecule has 0 fully saturated rings. The highest BCUT2D eigenvalue weighted by Crippen LogP contribution is 2.27. The first-order valence-corrected chi connectivity index (χ1v) is 5.63. The minimum Gasteiger partial charge on any atom is -0.300 e. The van der Waals surface area contributed by atoms with Crippen LogP contribution in [0.15, 0.2) is 29.4 Å². The lowest BCUT2D eigenvalue weighted by Gasteiger charge is -2.14. The van der Waals surface area contributed by atoms with E-state index in [0.717, 1.165) is 5.01 Å². The molecule has 5 heteroatoms. The Morgan fingerprint density at radius 1 is 1.44 bits per heavy atom. The standard InChI is InChI=1S/C13H13FN2O2/c1-8(17)7-10-9(2)15-16(13(10)18)12-6-4-3-5-11(12)14/h3-6,10H,7H2,1-2H3. The number of hydrogen-bond donors (Lipinski definition) is 0. The van der Waals surface area contributed by atoms with Crippen molar-refractivity contribution < 1.29 is 14.0 Å². The Kier molecular flexibility index (Phi) is 3.23. The van der Waals surface area contributed by atoms with Gasteiger partial charge in [-0.05, 0) is 26.0 Å². The van der Waals surface area contributed by atoms with Crippen molar-refractivity contribution in [2.75, 3.05) is 5.01 Å². The molecule has 94 valence electrons. The van der Waals surface area contributed by atoms with Gasteiger partial charge in [-0.25, -0.2) is 4.39 Å². The largest absolute Gasteiger partial charge is 0.300 e. The highest BCUT2D eigenvalue weighted by molar-refractivity contribution is 6.16. The average Bonchev–Trinajstić information content (AvgIpc) is 2.57. The number of ketones is 1. The highest BCUT2D eigenvalue weighted by Gasteiger charge is 2.35. The number of carbonyl (C=O) groups excluding carboxylic acids is 2. The van der Waals surface area contributed by atoms with Gasteiger partial charge in [0.1, 0.15) is 17.3 Å². The molecule has 4 nitrogen and oxygen atoms in total. The Morgan fingerprint density at radius 2 is 2.11 bits per heavy atom. The number of rotatable bonds is 3. The van der Waals surface area contributed by atoms with E-state index in [1.54, 1.807) is 19.1 Å². The van der Waals surface area contributed by atoms with Gasteiger partial charge < -0.3 is 0 Å². The normalized spacial score (nSPS) is 19.1. The van der Waals surface area contributed by atoms with Crippen molar-refractivity contribution in [1.29, 1.82) is 0 Å². The number of benzene rings is 1. The fourth-order valence-corrected chi connectivity index (χ4v) is 1.92. The molecule has 1 aromatic carbocycles. The van der Waals surface area contributed by atoms with Crippen LogP contribution in [-0.4, -0.2) is 17.4 Å². The third kappa shape index (κ3) is 2.16. The van der Waals surface area contributed by atoms with Crippen LogP contribution in [0.4, 0.5) is 10.1 Å². The van der Waals surface area contributed by atoms with Crippen molar-refractivity contribution in [3.05, 3.63) is 30.1 Å². The maximum atomic E-state index is 13.6. The van der Waals surface area contributed by atoms with Crippen LogP contribution < -0.4 is 5.01 Å². The summed E-state index contributed by atoms with van der Waals surface area (Å²) in [5.41, 5.74) is 0.659. The molecule has 1 atom stereocenters. The maximum Gasteiger partial charge on any atom is 0.256 e. The molecule has 1 heterocycles. The van der Waals surface area contributed by atoms with Gasteiger partial charge in [-0.3, -0.25) is 9.59 Å². The first kappa shape index (κ1) is 12.4. The van der Waals surface area contributed by atoms with E-state index in [4.69, 9.17) is 0 Å². The van der Waals surface area contributed by atoms with E-state index in [0.29, 0.717) is 5.71 Å². The van der Waals surface area contributed by atoms with Gasteiger partial charge in [-0.15, -0.1) is 0 Å². The third-order valence-electron chi connectivity index (χ3n) is 2.84. The predicted molar refractivity (Wildman–Crippen MR) is 65.8 cm³/mol. The van der Waals surface area contributed by atoms with Gasteiger partial charge in [0.25, 0.3) is 5.91 Å². The molecule has 1 aliphatic rings. The Labute approximate surface area is 104 Å². The van der Waals surface area contributed by atoms with Crippen molar-refractivity contribution in [2.45, 2.75) is 20.3 Å². The molecular formula is C13H13FN2O2. The molecular weight excluding hydrogens is 235 g/mol. The van der Waals surface area contributed by atoms with Crippen LogP contribution in [-0.2, 0) is 9.59 Å². The quantitative estimate of drug-likeness (QED) is 0.822. The number of amides is 1. The molecule has 1 unspecified atom stereocenters. The van der Waals surface area contributed by atoms with Crippen LogP contribution in [0.1, 0.15) is 20.3 Å². The van der Waals surface area contributed by atoms with E-state index in [1.165, 1.54) is 19.1 Å². The van der Waals surface area contributed by atoms with Gasteiger partial charge in [0.2, 0.25) is 0 Å². The number of hydrogen-bond acceptors (Lipinski definition) is 3. The Balaban J connectivity index is 2.31. The van der Waals surface area contributed by atoms with E-state index in [1.807, 2.05) is 0 Å². The monoisotopic (exact) mass is 248 g/mol. The summed E-state index contributed by atoms with van der Waals surface area (Å²) in [5.74, 6) is -1.51. The predicted octanol–water partition coefficient (Wildman–Crippen LogP) is 2.14. The minimum atomic E-state index is -0.567. The first-order valence-electron chi connectivity index (χ1n) is 5.63. The zero-order valence-electron chi connectivity index (χ0n) is 10.2. The van der Waals surface area contributed by atoms with Crippen molar-refractivity contribution in [3.8, 4) is 0 Å². The molecule has 0 N–H and O–H groups in total. The van der Waals surface area contributed by atoms with E-state index < -0.39 is 11.7 Å². The molecule has 2 rings (SSSR count). The van der Waals surface area contributed by atoms with E-state index >= 15 is 0 Å². The Hall–Kier alpha value is -2.04. The molecule has 0 radical (unpaired) electrons. The molecule has 0 saturated carbocycles. The van der Waals surface area contributed by atoms with Gasteiger partial charge in [-0.2, -0.15) is 10.1 Å². The SMILES string of the molecule is CC(=O)CC1C(=O)N(c2ccccc2F)N=C1C. The molecule has 0 aromatic heterocycles. The number of nitrogens with zero attached hydrogens (tertiary/aromatic N) is 2. The van der Waals surface area contributed by atoms with Crippen molar-refractivity contribution in [2.24, 2.45) is 11.0 Å². The smallest absolute Gasteiger partial charge is 0.256 e. The Morgan fingerprint density at radius 3 is 2.72 bits per heavy atom. The second-order valence-corrected chi connectivity index (χ2v) is 4.30. The van der Waals surface area contributed by atoms with E-state index in [-0.39, 0.29) is 23.8 Å². The number of carbonyl (C=O) groups is 2. The molecule has 18 heavy (non-hydrogen) atoms. The summed E-state index contributed by atoms with van der Waals surface area (Å²) < 4.78 is 13.6. The fourth-order valence-electron chi connectivity index (χ4n) is 1.92. The molecule has 0 bridgehead atoms. The fraction of sp³-hybridized carbons (Fsp3) is 0.308. The summed E-state index contributed by atoms with van der Waals surface area (Å²) in [4.78, 5) is 23.2. The summed E-state index contributed by atoms with van der Waals surface area (Å²) in [7, 11) is 0. The van der Waals surface area contributed by atoms with Crippen LogP contribution >= 0.6 is 0 Å². The Bertz CT molecular complexity index is 540. The second kappa shape index (κ2) is 4.68. The number of anilines is 1. The van der Waals surface area contributed by atoms with Gasteiger partial charge in [0, 0.05) is 12.1 Å². The van der Waals surface area contributed by atoms with Gasteiger partial charge in [0.15, 0.2) is 0 Å². The summed E-state index contributed by atoms with van der Waals surface area (Å²) in [6.07, 6.45) is 0.110. The molecule has 1 aromatic rings. The summed E-state index contributed by atoms with van der Waals surface area (Å²) in [6, 6.07) is 5.93. The van der Waals surface area contributed by atoms with E-state index in [9.17, 15) is 14.0 Å². The summed E-state index contributed by atoms with van der Waals surface area (Å²) in [6.45, 7) is 3.10. The lowest BCUT2D eigenvalue weighted by molar-refractivity contribution is -0.124. The number of hydrazone groups is 1. The summed E-state index contributed by atoms with van der Waals surface area (Å²) >= 11 is 0. The maximum absolute atomic E-state index is 13.6. The molecule has 1 aliphatic heterocycles. The van der Waals surface area contributed by atoms with Gasteiger partial charge in [0.05, 0.1) is 5.92 Å².